The molecule has 0 amide bonds. The van der Waals surface area contributed by atoms with Gasteiger partial charge in [-0.3, -0.25) is 9.98 Å². The maximum atomic E-state index is 12.1. The Labute approximate surface area is 78.5 Å². The fraction of sp³-hybridized carbons (Fsp3) is 0.250. The van der Waals surface area contributed by atoms with Crippen LogP contribution in [0.1, 0.15) is 11.3 Å². The van der Waals surface area contributed by atoms with Crippen LogP contribution in [0.5, 0.6) is 0 Å². The lowest BCUT2D eigenvalue weighted by molar-refractivity contribution is -0.141. The van der Waals surface area contributed by atoms with Crippen LogP contribution in [-0.4, -0.2) is 18.2 Å². The zero-order chi connectivity index (χ0) is 10.8. The number of hydrogen-bond donors (Lipinski definition) is 1. The van der Waals surface area contributed by atoms with Crippen LogP contribution < -0.4 is 5.73 Å². The van der Waals surface area contributed by atoms with Crippen molar-refractivity contribution < 1.29 is 13.2 Å². The van der Waals surface area contributed by atoms with E-state index in [2.05, 4.69) is 9.98 Å². The van der Waals surface area contributed by atoms with Crippen LogP contribution in [0.3, 0.4) is 0 Å². The van der Waals surface area contributed by atoms with E-state index < -0.39 is 11.9 Å². The summed E-state index contributed by atoms with van der Waals surface area (Å²) in [4.78, 5) is 6.87. The number of nitrogens with zero attached hydrogens (tertiary/aromatic N) is 2. The highest BCUT2D eigenvalue weighted by molar-refractivity contribution is 5.86. The van der Waals surface area contributed by atoms with Crippen molar-refractivity contribution in [2.75, 3.05) is 12.8 Å². The van der Waals surface area contributed by atoms with Gasteiger partial charge in [-0.1, -0.05) is 0 Å². The Bertz CT molecular complexity index is 357. The van der Waals surface area contributed by atoms with Crippen LogP contribution in [0.25, 0.3) is 0 Å². The average Bonchev–Trinajstić information content (AvgIpc) is 2.07. The molecule has 0 aromatic carbocycles. The first kappa shape index (κ1) is 10.5. The van der Waals surface area contributed by atoms with Crippen molar-refractivity contribution in [1.29, 1.82) is 0 Å². The fourth-order valence-corrected chi connectivity index (χ4v) is 0.883. The van der Waals surface area contributed by atoms with Gasteiger partial charge in [-0.15, -0.1) is 0 Å². The van der Waals surface area contributed by atoms with Crippen LogP contribution in [0.2, 0.25) is 0 Å². The van der Waals surface area contributed by atoms with Crippen LogP contribution in [0.15, 0.2) is 17.3 Å². The van der Waals surface area contributed by atoms with Gasteiger partial charge in [-0.05, 0) is 6.07 Å². The Hall–Kier alpha value is -1.59. The number of nitrogens with two attached hydrogens (primary N) is 1. The molecule has 0 aliphatic heterocycles. The molecule has 14 heavy (non-hydrogen) atoms. The van der Waals surface area contributed by atoms with Crippen molar-refractivity contribution in [3.63, 3.8) is 0 Å². The number of halogens is 3. The standard InChI is InChI=1S/C8H8F3N3/c1-13-3-5-4-14-7(2-6(5)12)8(9,10)11/h2-4H,1H3,(H2,12,14). The molecular weight excluding hydrogens is 195 g/mol. The first-order chi connectivity index (χ1) is 6.45. The van der Waals surface area contributed by atoms with Crippen molar-refractivity contribution in [3.05, 3.63) is 23.5 Å². The monoisotopic (exact) mass is 203 g/mol. The second-order valence-electron chi connectivity index (χ2n) is 2.58. The molecule has 0 aliphatic carbocycles. The van der Waals surface area contributed by atoms with E-state index in [0.717, 1.165) is 12.3 Å². The largest absolute Gasteiger partial charge is 0.433 e. The second kappa shape index (κ2) is 3.65. The van der Waals surface area contributed by atoms with E-state index in [4.69, 9.17) is 5.73 Å². The minimum absolute atomic E-state index is 0.0120. The van der Waals surface area contributed by atoms with E-state index in [1.54, 1.807) is 0 Å². The summed E-state index contributed by atoms with van der Waals surface area (Å²) in [5.74, 6) is 0. The minimum atomic E-state index is -4.46. The lowest BCUT2D eigenvalue weighted by Gasteiger charge is -2.07. The molecule has 0 bridgehead atoms. The first-order valence-electron chi connectivity index (χ1n) is 3.70. The molecule has 0 spiro atoms. The van der Waals surface area contributed by atoms with Gasteiger partial charge in [-0.25, -0.2) is 0 Å². The van der Waals surface area contributed by atoms with Crippen molar-refractivity contribution in [2.24, 2.45) is 4.99 Å². The molecule has 0 saturated carbocycles. The summed E-state index contributed by atoms with van der Waals surface area (Å²) < 4.78 is 36.4. The predicted molar refractivity (Wildman–Crippen MR) is 47.2 cm³/mol. The molecule has 1 aromatic heterocycles. The SMILES string of the molecule is CN=Cc1cnc(C(F)(F)F)cc1N. The molecule has 1 rings (SSSR count). The van der Waals surface area contributed by atoms with Crippen LogP contribution in [0.4, 0.5) is 18.9 Å². The van der Waals surface area contributed by atoms with E-state index in [9.17, 15) is 13.2 Å². The number of aliphatic imine (C=N–C) groups is 1. The van der Waals surface area contributed by atoms with Crippen LogP contribution >= 0.6 is 0 Å². The van der Waals surface area contributed by atoms with E-state index in [0.29, 0.717) is 5.56 Å². The third-order valence-electron chi connectivity index (χ3n) is 1.53. The van der Waals surface area contributed by atoms with Crippen molar-refractivity contribution in [1.82, 2.24) is 4.98 Å². The van der Waals surface area contributed by atoms with Gasteiger partial charge in [0.25, 0.3) is 0 Å². The summed E-state index contributed by atoms with van der Waals surface area (Å²) in [5, 5.41) is 0. The quantitative estimate of drug-likeness (QED) is 0.706. The molecular formula is C8H8F3N3. The normalized spacial score (nSPS) is 12.3. The average molecular weight is 203 g/mol. The van der Waals surface area contributed by atoms with E-state index >= 15 is 0 Å². The summed E-state index contributed by atoms with van der Waals surface area (Å²) in [5.41, 5.74) is 4.76. The molecule has 2 N–H and O–H groups in total. The van der Waals surface area contributed by atoms with Crippen molar-refractivity contribution in [3.8, 4) is 0 Å². The number of aromatic nitrogens is 1. The molecule has 0 radical (unpaired) electrons. The Balaban J connectivity index is 3.13. The fourth-order valence-electron chi connectivity index (χ4n) is 0.883. The molecule has 3 nitrogen and oxygen atoms in total. The number of pyridine rings is 1. The zero-order valence-corrected chi connectivity index (χ0v) is 7.34. The Morgan fingerprint density at radius 2 is 2.14 bits per heavy atom. The molecule has 0 fully saturated rings. The number of hydrogen-bond acceptors (Lipinski definition) is 3. The number of rotatable bonds is 1. The van der Waals surface area contributed by atoms with Gasteiger partial charge in [0.2, 0.25) is 0 Å². The first-order valence-corrected chi connectivity index (χ1v) is 3.70. The van der Waals surface area contributed by atoms with Gasteiger partial charge in [0.05, 0.1) is 0 Å². The van der Waals surface area contributed by atoms with Gasteiger partial charge in [0, 0.05) is 30.7 Å². The predicted octanol–water partition coefficient (Wildman–Crippen LogP) is 1.73. The maximum Gasteiger partial charge on any atom is 0.433 e. The number of nitrogen functional groups attached to an aromatic ring is 1. The molecule has 0 unspecified atom stereocenters. The lowest BCUT2D eigenvalue weighted by Crippen LogP contribution is -2.09. The second-order valence-corrected chi connectivity index (χ2v) is 2.58. The van der Waals surface area contributed by atoms with Gasteiger partial charge >= 0.3 is 6.18 Å². The zero-order valence-electron chi connectivity index (χ0n) is 7.34. The third-order valence-corrected chi connectivity index (χ3v) is 1.53. The summed E-state index contributed by atoms with van der Waals surface area (Å²) in [7, 11) is 1.50. The highest BCUT2D eigenvalue weighted by atomic mass is 19.4. The molecule has 0 saturated heterocycles. The highest BCUT2D eigenvalue weighted by Gasteiger charge is 2.32. The lowest BCUT2D eigenvalue weighted by atomic mass is 10.2. The summed E-state index contributed by atoms with van der Waals surface area (Å²) >= 11 is 0. The Kier molecular flexibility index (Phi) is 2.73. The van der Waals surface area contributed by atoms with Gasteiger partial charge in [0.15, 0.2) is 0 Å². The van der Waals surface area contributed by atoms with Gasteiger partial charge in [-0.2, -0.15) is 13.2 Å². The molecule has 1 heterocycles. The minimum Gasteiger partial charge on any atom is -0.398 e. The highest BCUT2D eigenvalue weighted by Crippen LogP contribution is 2.28. The molecule has 1 aromatic rings. The topological polar surface area (TPSA) is 51.3 Å². The summed E-state index contributed by atoms with van der Waals surface area (Å²) in [6.07, 6.45) is -2.07. The number of alkyl halides is 3. The summed E-state index contributed by atoms with van der Waals surface area (Å²) in [6.45, 7) is 0. The van der Waals surface area contributed by atoms with Crippen LogP contribution in [0, 0.1) is 0 Å². The van der Waals surface area contributed by atoms with Crippen molar-refractivity contribution in [2.45, 2.75) is 6.18 Å². The van der Waals surface area contributed by atoms with E-state index in [1.165, 1.54) is 13.3 Å². The Morgan fingerprint density at radius 1 is 1.50 bits per heavy atom. The maximum absolute atomic E-state index is 12.1. The molecule has 76 valence electrons. The number of anilines is 1. The van der Waals surface area contributed by atoms with Gasteiger partial charge in [0.1, 0.15) is 5.69 Å². The van der Waals surface area contributed by atoms with Crippen LogP contribution in [-0.2, 0) is 6.18 Å². The molecule has 0 aliphatic rings. The summed E-state index contributed by atoms with van der Waals surface area (Å²) in [6, 6.07) is 0.789. The van der Waals surface area contributed by atoms with Gasteiger partial charge < -0.3 is 5.73 Å². The third kappa shape index (κ3) is 2.21. The van der Waals surface area contributed by atoms with Crippen molar-refractivity contribution >= 4 is 11.9 Å². The molecule has 0 atom stereocenters. The Morgan fingerprint density at radius 3 is 2.57 bits per heavy atom. The smallest absolute Gasteiger partial charge is 0.398 e. The van der Waals surface area contributed by atoms with E-state index in [1.807, 2.05) is 0 Å². The molecule has 6 heteroatoms. The van der Waals surface area contributed by atoms with E-state index in [-0.39, 0.29) is 5.69 Å².